The summed E-state index contributed by atoms with van der Waals surface area (Å²) >= 11 is 0. The fourth-order valence-electron chi connectivity index (χ4n) is 3.36. The molecule has 7 heteroatoms. The molecule has 0 aromatic carbocycles. The third kappa shape index (κ3) is 3.99. The number of aryl methyl sites for hydroxylation is 2. The Morgan fingerprint density at radius 2 is 2.12 bits per heavy atom. The van der Waals surface area contributed by atoms with Crippen LogP contribution in [0, 0.1) is 12.8 Å². The molecule has 3 rings (SSSR count). The average molecular weight is 343 g/mol. The Kier molecular flexibility index (Phi) is 5.33. The van der Waals surface area contributed by atoms with E-state index in [1.165, 1.54) is 5.69 Å². The van der Waals surface area contributed by atoms with E-state index in [0.29, 0.717) is 5.69 Å². The zero-order valence-corrected chi connectivity index (χ0v) is 14.7. The van der Waals surface area contributed by atoms with Crippen LogP contribution in [-0.4, -0.2) is 45.4 Å². The number of nitrogens with one attached hydrogen (secondary N) is 1. The lowest BCUT2D eigenvalue weighted by atomic mass is 9.95. The first kappa shape index (κ1) is 17.4. The van der Waals surface area contributed by atoms with Crippen molar-refractivity contribution in [2.24, 2.45) is 13.0 Å². The summed E-state index contributed by atoms with van der Waals surface area (Å²) in [7, 11) is 1.77. The SMILES string of the molecule is Cc1cnccc1N1CCC(C(=O)NCC(O)c2ccnn2C)CC1. The van der Waals surface area contributed by atoms with Crippen LogP contribution in [0.5, 0.6) is 0 Å². The van der Waals surface area contributed by atoms with Gasteiger partial charge in [0.25, 0.3) is 0 Å². The maximum absolute atomic E-state index is 12.4. The number of piperidine rings is 1. The molecule has 2 aromatic rings. The molecule has 1 saturated heterocycles. The summed E-state index contributed by atoms with van der Waals surface area (Å²) in [5.41, 5.74) is 3.05. The molecule has 2 N–H and O–H groups in total. The summed E-state index contributed by atoms with van der Waals surface area (Å²) < 4.78 is 1.62. The maximum Gasteiger partial charge on any atom is 0.223 e. The largest absolute Gasteiger partial charge is 0.385 e. The van der Waals surface area contributed by atoms with Gasteiger partial charge in [0.2, 0.25) is 5.91 Å². The van der Waals surface area contributed by atoms with Crippen molar-refractivity contribution in [1.82, 2.24) is 20.1 Å². The minimum Gasteiger partial charge on any atom is -0.385 e. The van der Waals surface area contributed by atoms with Crippen LogP contribution in [0.4, 0.5) is 5.69 Å². The van der Waals surface area contributed by atoms with Crippen molar-refractivity contribution < 1.29 is 9.90 Å². The van der Waals surface area contributed by atoms with E-state index in [1.807, 2.05) is 12.3 Å². The number of hydrogen-bond donors (Lipinski definition) is 2. The van der Waals surface area contributed by atoms with Crippen LogP contribution in [0.2, 0.25) is 0 Å². The van der Waals surface area contributed by atoms with Crippen LogP contribution in [0.15, 0.2) is 30.7 Å². The summed E-state index contributed by atoms with van der Waals surface area (Å²) in [5, 5.41) is 17.1. The second-order valence-electron chi connectivity index (χ2n) is 6.56. The lowest BCUT2D eigenvalue weighted by Gasteiger charge is -2.33. The average Bonchev–Trinajstić information content (AvgIpc) is 3.06. The highest BCUT2D eigenvalue weighted by molar-refractivity contribution is 5.79. The Bertz CT molecular complexity index is 722. The number of pyridine rings is 1. The van der Waals surface area contributed by atoms with E-state index in [1.54, 1.807) is 30.2 Å². The summed E-state index contributed by atoms with van der Waals surface area (Å²) in [6.07, 6.45) is 6.20. The second-order valence-corrected chi connectivity index (χ2v) is 6.56. The van der Waals surface area contributed by atoms with Crippen LogP contribution in [0.25, 0.3) is 0 Å². The molecule has 0 saturated carbocycles. The van der Waals surface area contributed by atoms with Crippen molar-refractivity contribution in [3.8, 4) is 0 Å². The Labute approximate surface area is 147 Å². The lowest BCUT2D eigenvalue weighted by molar-refractivity contribution is -0.126. The summed E-state index contributed by atoms with van der Waals surface area (Å²) in [6, 6.07) is 3.78. The normalized spacial score (nSPS) is 16.7. The molecular weight excluding hydrogens is 318 g/mol. The monoisotopic (exact) mass is 343 g/mol. The molecule has 0 aliphatic carbocycles. The van der Waals surface area contributed by atoms with E-state index in [9.17, 15) is 9.90 Å². The van der Waals surface area contributed by atoms with Gasteiger partial charge >= 0.3 is 0 Å². The molecule has 1 amide bonds. The molecule has 134 valence electrons. The van der Waals surface area contributed by atoms with Gasteiger partial charge in [0.05, 0.1) is 5.69 Å². The van der Waals surface area contributed by atoms with Gasteiger partial charge in [0.1, 0.15) is 6.10 Å². The minimum atomic E-state index is -0.740. The number of aliphatic hydroxyl groups is 1. The van der Waals surface area contributed by atoms with Gasteiger partial charge in [0, 0.05) is 56.9 Å². The molecule has 2 aromatic heterocycles. The quantitative estimate of drug-likeness (QED) is 0.852. The fourth-order valence-corrected chi connectivity index (χ4v) is 3.36. The minimum absolute atomic E-state index is 0.00266. The highest BCUT2D eigenvalue weighted by Gasteiger charge is 2.26. The fraction of sp³-hybridized carbons (Fsp3) is 0.500. The summed E-state index contributed by atoms with van der Waals surface area (Å²) in [5.74, 6) is 0.0180. The van der Waals surface area contributed by atoms with Crippen molar-refractivity contribution in [3.63, 3.8) is 0 Å². The molecule has 25 heavy (non-hydrogen) atoms. The van der Waals surface area contributed by atoms with Gasteiger partial charge < -0.3 is 15.3 Å². The zero-order chi connectivity index (χ0) is 17.8. The molecule has 1 atom stereocenters. The summed E-state index contributed by atoms with van der Waals surface area (Å²) in [6.45, 7) is 3.98. The first-order valence-electron chi connectivity index (χ1n) is 8.65. The first-order valence-corrected chi connectivity index (χ1v) is 8.65. The van der Waals surface area contributed by atoms with Crippen molar-refractivity contribution in [2.75, 3.05) is 24.5 Å². The number of aliphatic hydroxyl groups excluding tert-OH is 1. The predicted octanol–water partition coefficient (Wildman–Crippen LogP) is 1.19. The molecule has 1 aliphatic rings. The Morgan fingerprint density at radius 1 is 1.36 bits per heavy atom. The van der Waals surface area contributed by atoms with Crippen molar-refractivity contribution >= 4 is 11.6 Å². The Balaban J connectivity index is 1.49. The maximum atomic E-state index is 12.4. The number of amides is 1. The van der Waals surface area contributed by atoms with Crippen LogP contribution in [0.3, 0.4) is 0 Å². The van der Waals surface area contributed by atoms with E-state index in [0.717, 1.165) is 31.5 Å². The van der Waals surface area contributed by atoms with Gasteiger partial charge in [-0.05, 0) is 37.5 Å². The van der Waals surface area contributed by atoms with E-state index in [2.05, 4.69) is 27.2 Å². The van der Waals surface area contributed by atoms with Gasteiger partial charge in [-0.3, -0.25) is 14.5 Å². The molecule has 1 fully saturated rings. The predicted molar refractivity (Wildman–Crippen MR) is 95.1 cm³/mol. The van der Waals surface area contributed by atoms with Crippen LogP contribution >= 0.6 is 0 Å². The van der Waals surface area contributed by atoms with Crippen LogP contribution in [-0.2, 0) is 11.8 Å². The number of carbonyl (C=O) groups is 1. The number of rotatable bonds is 5. The molecule has 3 heterocycles. The van der Waals surface area contributed by atoms with Crippen molar-refractivity contribution in [2.45, 2.75) is 25.9 Å². The molecule has 0 spiro atoms. The Morgan fingerprint density at radius 3 is 2.76 bits per heavy atom. The summed E-state index contributed by atoms with van der Waals surface area (Å²) in [4.78, 5) is 18.8. The number of hydrogen-bond acceptors (Lipinski definition) is 5. The van der Waals surface area contributed by atoms with Gasteiger partial charge in [-0.1, -0.05) is 0 Å². The van der Waals surface area contributed by atoms with Crippen LogP contribution < -0.4 is 10.2 Å². The topological polar surface area (TPSA) is 83.3 Å². The van der Waals surface area contributed by atoms with Gasteiger partial charge in [-0.2, -0.15) is 5.10 Å². The molecule has 1 aliphatic heterocycles. The van der Waals surface area contributed by atoms with Gasteiger partial charge in [-0.15, -0.1) is 0 Å². The third-order valence-electron chi connectivity index (χ3n) is 4.87. The van der Waals surface area contributed by atoms with E-state index >= 15 is 0 Å². The van der Waals surface area contributed by atoms with Gasteiger partial charge in [0.15, 0.2) is 0 Å². The number of anilines is 1. The highest BCUT2D eigenvalue weighted by atomic mass is 16.3. The van der Waals surface area contributed by atoms with E-state index in [4.69, 9.17) is 0 Å². The van der Waals surface area contributed by atoms with Gasteiger partial charge in [-0.25, -0.2) is 0 Å². The Hall–Kier alpha value is -2.41. The number of nitrogens with zero attached hydrogens (tertiary/aromatic N) is 4. The van der Waals surface area contributed by atoms with E-state index in [-0.39, 0.29) is 18.4 Å². The number of aromatic nitrogens is 3. The van der Waals surface area contributed by atoms with Crippen molar-refractivity contribution in [1.29, 1.82) is 0 Å². The van der Waals surface area contributed by atoms with E-state index < -0.39 is 6.10 Å². The molecule has 7 nitrogen and oxygen atoms in total. The van der Waals surface area contributed by atoms with Crippen molar-refractivity contribution in [3.05, 3.63) is 42.0 Å². The standard InChI is InChI=1S/C18H25N5O2/c1-13-11-19-7-3-15(13)23-9-5-14(6-10-23)18(25)20-12-17(24)16-4-8-21-22(16)2/h3-4,7-8,11,14,17,24H,5-6,9-10,12H2,1-2H3,(H,20,25). The molecule has 0 radical (unpaired) electrons. The number of carbonyl (C=O) groups excluding carboxylic acids is 1. The molecule has 1 unspecified atom stereocenters. The lowest BCUT2D eigenvalue weighted by Crippen LogP contribution is -2.41. The van der Waals surface area contributed by atoms with Crippen LogP contribution in [0.1, 0.15) is 30.2 Å². The molecule has 0 bridgehead atoms. The second kappa shape index (κ2) is 7.65. The smallest absolute Gasteiger partial charge is 0.223 e. The zero-order valence-electron chi connectivity index (χ0n) is 14.7. The highest BCUT2D eigenvalue weighted by Crippen LogP contribution is 2.25. The molecular formula is C18H25N5O2. The third-order valence-corrected chi connectivity index (χ3v) is 4.87. The first-order chi connectivity index (χ1) is 12.1.